The molecule has 2 aromatic carbocycles. The molecule has 0 saturated heterocycles. The second-order valence-electron chi connectivity index (χ2n) is 5.02. The lowest BCUT2D eigenvalue weighted by molar-refractivity contribution is 0.0997. The van der Waals surface area contributed by atoms with Crippen molar-refractivity contribution in [3.63, 3.8) is 0 Å². The SMILES string of the molecule is COc1ccc(C(=O)N=c2sc3cccc(Br)c3n2C)cc1OC. The molecule has 0 spiro atoms. The molecule has 3 rings (SSSR count). The lowest BCUT2D eigenvalue weighted by Gasteiger charge is -2.07. The summed E-state index contributed by atoms with van der Waals surface area (Å²) in [6, 6.07) is 10.9. The van der Waals surface area contributed by atoms with Crippen LogP contribution in [0.5, 0.6) is 11.5 Å². The quantitative estimate of drug-likeness (QED) is 0.665. The summed E-state index contributed by atoms with van der Waals surface area (Å²) in [5.74, 6) is 0.752. The molecule has 0 radical (unpaired) electrons. The van der Waals surface area contributed by atoms with Crippen molar-refractivity contribution in [1.29, 1.82) is 0 Å². The van der Waals surface area contributed by atoms with Gasteiger partial charge in [0.15, 0.2) is 16.3 Å². The topological polar surface area (TPSA) is 52.8 Å². The van der Waals surface area contributed by atoms with Crippen LogP contribution in [0.3, 0.4) is 0 Å². The Labute approximate surface area is 151 Å². The molecular formula is C17H15BrN2O3S. The molecule has 1 aromatic heterocycles. The van der Waals surface area contributed by atoms with Gasteiger partial charge in [-0.15, -0.1) is 0 Å². The van der Waals surface area contributed by atoms with Crippen molar-refractivity contribution >= 4 is 43.4 Å². The second-order valence-corrected chi connectivity index (χ2v) is 6.88. The minimum atomic E-state index is -0.325. The van der Waals surface area contributed by atoms with E-state index in [-0.39, 0.29) is 5.91 Å². The molecule has 1 heterocycles. The third kappa shape index (κ3) is 2.97. The van der Waals surface area contributed by atoms with Gasteiger partial charge in [0.05, 0.1) is 24.4 Å². The van der Waals surface area contributed by atoms with Gasteiger partial charge in [-0.1, -0.05) is 17.4 Å². The molecule has 1 amide bonds. The van der Waals surface area contributed by atoms with Gasteiger partial charge < -0.3 is 14.0 Å². The molecule has 0 unspecified atom stereocenters. The van der Waals surface area contributed by atoms with Crippen LogP contribution in [0.4, 0.5) is 0 Å². The van der Waals surface area contributed by atoms with E-state index in [0.29, 0.717) is 21.9 Å². The minimum absolute atomic E-state index is 0.325. The normalized spacial score (nSPS) is 11.8. The number of nitrogens with zero attached hydrogens (tertiary/aromatic N) is 2. The molecule has 0 N–H and O–H groups in total. The number of benzene rings is 2. The zero-order valence-corrected chi connectivity index (χ0v) is 15.8. The Kier molecular flexibility index (Phi) is 4.73. The first kappa shape index (κ1) is 16.7. The first-order chi connectivity index (χ1) is 11.5. The predicted molar refractivity (Wildman–Crippen MR) is 97.9 cm³/mol. The Morgan fingerprint density at radius 2 is 1.92 bits per heavy atom. The number of para-hydroxylation sites is 1. The van der Waals surface area contributed by atoms with Crippen molar-refractivity contribution in [1.82, 2.24) is 4.57 Å². The average Bonchev–Trinajstić information content (AvgIpc) is 2.91. The Balaban J connectivity index is 2.07. The van der Waals surface area contributed by atoms with Gasteiger partial charge in [0.2, 0.25) is 0 Å². The maximum absolute atomic E-state index is 12.5. The van der Waals surface area contributed by atoms with Crippen LogP contribution in [-0.4, -0.2) is 24.7 Å². The van der Waals surface area contributed by atoms with E-state index in [0.717, 1.165) is 14.7 Å². The van der Waals surface area contributed by atoms with E-state index in [9.17, 15) is 4.79 Å². The standard InChI is InChI=1S/C17H15BrN2O3S/c1-20-15-11(18)5-4-6-14(15)24-17(20)19-16(21)10-7-8-12(22-2)13(9-10)23-3/h4-9H,1-3H3. The predicted octanol–water partition coefficient (Wildman–Crippen LogP) is 3.76. The number of amides is 1. The van der Waals surface area contributed by atoms with Crippen LogP contribution >= 0.6 is 27.3 Å². The summed E-state index contributed by atoms with van der Waals surface area (Å²) in [6.45, 7) is 0. The van der Waals surface area contributed by atoms with Crippen molar-refractivity contribution < 1.29 is 14.3 Å². The van der Waals surface area contributed by atoms with Crippen LogP contribution in [0.2, 0.25) is 0 Å². The number of hydrogen-bond donors (Lipinski definition) is 0. The number of ether oxygens (including phenoxy) is 2. The van der Waals surface area contributed by atoms with Gasteiger partial charge in [0, 0.05) is 17.1 Å². The second kappa shape index (κ2) is 6.78. The number of aryl methyl sites for hydroxylation is 1. The summed E-state index contributed by atoms with van der Waals surface area (Å²) < 4.78 is 14.4. The molecule has 0 aliphatic carbocycles. The van der Waals surface area contributed by atoms with Gasteiger partial charge in [-0.05, 0) is 46.3 Å². The molecule has 0 atom stereocenters. The summed E-state index contributed by atoms with van der Waals surface area (Å²) in [5.41, 5.74) is 1.46. The molecule has 0 saturated carbocycles. The molecule has 124 valence electrons. The highest BCUT2D eigenvalue weighted by molar-refractivity contribution is 9.10. The third-order valence-electron chi connectivity index (χ3n) is 3.60. The fourth-order valence-electron chi connectivity index (χ4n) is 2.38. The Bertz CT molecular complexity index is 991. The van der Waals surface area contributed by atoms with Gasteiger partial charge in [0.1, 0.15) is 0 Å². The highest BCUT2D eigenvalue weighted by Gasteiger charge is 2.12. The van der Waals surface area contributed by atoms with E-state index in [1.165, 1.54) is 18.4 Å². The molecule has 5 nitrogen and oxygen atoms in total. The van der Waals surface area contributed by atoms with Gasteiger partial charge in [-0.3, -0.25) is 4.79 Å². The van der Waals surface area contributed by atoms with E-state index < -0.39 is 0 Å². The third-order valence-corrected chi connectivity index (χ3v) is 5.34. The number of aromatic nitrogens is 1. The number of thiazole rings is 1. The van der Waals surface area contributed by atoms with Crippen LogP contribution in [0.1, 0.15) is 10.4 Å². The van der Waals surface area contributed by atoms with E-state index in [1.54, 1.807) is 25.3 Å². The first-order valence-electron chi connectivity index (χ1n) is 7.10. The Hall–Kier alpha value is -2.12. The van der Waals surface area contributed by atoms with E-state index >= 15 is 0 Å². The lowest BCUT2D eigenvalue weighted by atomic mass is 10.2. The first-order valence-corrected chi connectivity index (χ1v) is 8.71. The van der Waals surface area contributed by atoms with E-state index in [4.69, 9.17) is 9.47 Å². The number of fused-ring (bicyclic) bond motifs is 1. The number of rotatable bonds is 3. The summed E-state index contributed by atoms with van der Waals surface area (Å²) >= 11 is 5.00. The largest absolute Gasteiger partial charge is 0.493 e. The zero-order valence-electron chi connectivity index (χ0n) is 13.4. The maximum atomic E-state index is 12.5. The van der Waals surface area contributed by atoms with Crippen molar-refractivity contribution in [3.8, 4) is 11.5 Å². The molecule has 0 aliphatic rings. The van der Waals surface area contributed by atoms with Gasteiger partial charge in [0.25, 0.3) is 5.91 Å². The summed E-state index contributed by atoms with van der Waals surface area (Å²) in [4.78, 5) is 17.4. The summed E-state index contributed by atoms with van der Waals surface area (Å²) in [7, 11) is 4.98. The van der Waals surface area contributed by atoms with Crippen LogP contribution in [0.25, 0.3) is 10.2 Å². The monoisotopic (exact) mass is 406 g/mol. The zero-order chi connectivity index (χ0) is 17.3. The molecule has 7 heteroatoms. The van der Waals surface area contributed by atoms with E-state index in [2.05, 4.69) is 20.9 Å². The lowest BCUT2D eigenvalue weighted by Crippen LogP contribution is -2.13. The van der Waals surface area contributed by atoms with Crippen molar-refractivity contribution in [2.24, 2.45) is 12.0 Å². The van der Waals surface area contributed by atoms with Crippen LogP contribution in [0, 0.1) is 0 Å². The highest BCUT2D eigenvalue weighted by atomic mass is 79.9. The van der Waals surface area contributed by atoms with Crippen molar-refractivity contribution in [2.45, 2.75) is 0 Å². The highest BCUT2D eigenvalue weighted by Crippen LogP contribution is 2.28. The fraction of sp³-hybridized carbons (Fsp3) is 0.176. The number of hydrogen-bond acceptors (Lipinski definition) is 4. The Morgan fingerprint density at radius 1 is 1.17 bits per heavy atom. The molecule has 24 heavy (non-hydrogen) atoms. The molecule has 3 aromatic rings. The number of halogens is 1. The van der Waals surface area contributed by atoms with Gasteiger partial charge in [-0.25, -0.2) is 0 Å². The van der Waals surface area contributed by atoms with Gasteiger partial charge in [-0.2, -0.15) is 4.99 Å². The number of carbonyl (C=O) groups excluding carboxylic acids is 1. The summed E-state index contributed by atoms with van der Waals surface area (Å²) in [5, 5.41) is 0. The van der Waals surface area contributed by atoms with Crippen LogP contribution < -0.4 is 14.3 Å². The number of carbonyl (C=O) groups is 1. The van der Waals surface area contributed by atoms with E-state index in [1.807, 2.05) is 29.8 Å². The minimum Gasteiger partial charge on any atom is -0.493 e. The molecule has 0 aliphatic heterocycles. The molecular weight excluding hydrogens is 392 g/mol. The van der Waals surface area contributed by atoms with Crippen molar-refractivity contribution in [3.05, 3.63) is 51.2 Å². The molecule has 0 fully saturated rings. The molecule has 0 bridgehead atoms. The van der Waals surface area contributed by atoms with Crippen LogP contribution in [0.15, 0.2) is 45.9 Å². The summed E-state index contributed by atoms with van der Waals surface area (Å²) in [6.07, 6.45) is 0. The number of methoxy groups -OCH3 is 2. The van der Waals surface area contributed by atoms with Crippen molar-refractivity contribution in [2.75, 3.05) is 14.2 Å². The fourth-order valence-corrected chi connectivity index (χ4v) is 4.19. The Morgan fingerprint density at radius 3 is 2.58 bits per heavy atom. The maximum Gasteiger partial charge on any atom is 0.279 e. The van der Waals surface area contributed by atoms with Gasteiger partial charge >= 0.3 is 0 Å². The average molecular weight is 407 g/mol. The van der Waals surface area contributed by atoms with Crippen LogP contribution in [-0.2, 0) is 7.05 Å². The smallest absolute Gasteiger partial charge is 0.279 e.